The number of nitrogens with zero attached hydrogens (tertiary/aromatic N) is 2. The molecule has 2 fully saturated rings. The van der Waals surface area contributed by atoms with Crippen LogP contribution in [-0.4, -0.2) is 39.9 Å². The summed E-state index contributed by atoms with van der Waals surface area (Å²) < 4.78 is 0. The molecular weight excluding hydrogens is 270 g/mol. The Morgan fingerprint density at radius 3 is 2.52 bits per heavy atom. The van der Waals surface area contributed by atoms with Gasteiger partial charge in [-0.2, -0.15) is 0 Å². The highest BCUT2D eigenvalue weighted by Gasteiger charge is 2.36. The normalized spacial score (nSPS) is 19.3. The number of anilines is 1. The number of hydrogen-bond acceptors (Lipinski definition) is 4. The van der Waals surface area contributed by atoms with Gasteiger partial charge in [-0.1, -0.05) is 0 Å². The van der Waals surface area contributed by atoms with E-state index in [1.54, 1.807) is 6.07 Å². The first-order valence-corrected chi connectivity index (χ1v) is 7.39. The molecule has 1 saturated heterocycles. The molecule has 6 nitrogen and oxygen atoms in total. The van der Waals surface area contributed by atoms with E-state index in [1.807, 2.05) is 4.90 Å². The Bertz CT molecular complexity index is 549. The van der Waals surface area contributed by atoms with Crippen molar-refractivity contribution in [1.82, 2.24) is 9.88 Å². The van der Waals surface area contributed by atoms with E-state index < -0.39 is 0 Å². The number of aromatic nitrogens is 1. The summed E-state index contributed by atoms with van der Waals surface area (Å²) in [5.41, 5.74) is 0. The molecule has 0 spiro atoms. The van der Waals surface area contributed by atoms with E-state index in [-0.39, 0.29) is 35.2 Å². The summed E-state index contributed by atoms with van der Waals surface area (Å²) in [6.45, 7) is 1.28. The molecule has 1 aliphatic heterocycles. The third-order valence-corrected chi connectivity index (χ3v) is 4.13. The Balaban J connectivity index is 1.53. The summed E-state index contributed by atoms with van der Waals surface area (Å²) in [4.78, 5) is 29.9. The van der Waals surface area contributed by atoms with Crippen molar-refractivity contribution in [3.63, 3.8) is 0 Å². The van der Waals surface area contributed by atoms with Gasteiger partial charge in [-0.05, 0) is 37.8 Å². The number of likely N-dealkylation sites (tertiary alicyclic amines) is 1. The Kier molecular flexibility index (Phi) is 3.77. The molecular formula is C15H19N3O3. The molecule has 1 aliphatic carbocycles. The molecule has 0 atom stereocenters. The van der Waals surface area contributed by atoms with E-state index in [0.717, 1.165) is 12.8 Å². The van der Waals surface area contributed by atoms with Crippen molar-refractivity contribution < 1.29 is 14.7 Å². The van der Waals surface area contributed by atoms with Crippen molar-refractivity contribution >= 4 is 17.6 Å². The first-order valence-electron chi connectivity index (χ1n) is 7.39. The summed E-state index contributed by atoms with van der Waals surface area (Å²) in [5.74, 6) is 0.375. The second kappa shape index (κ2) is 5.71. The molecule has 3 rings (SSSR count). The third kappa shape index (κ3) is 3.15. The van der Waals surface area contributed by atoms with Crippen molar-refractivity contribution in [3.8, 4) is 5.75 Å². The Morgan fingerprint density at radius 2 is 1.90 bits per heavy atom. The summed E-state index contributed by atoms with van der Waals surface area (Å²) in [7, 11) is 0. The van der Waals surface area contributed by atoms with Crippen LogP contribution in [0.1, 0.15) is 25.7 Å². The molecule has 1 aromatic rings. The summed E-state index contributed by atoms with van der Waals surface area (Å²) in [6.07, 6.45) is 4.87. The van der Waals surface area contributed by atoms with Crippen molar-refractivity contribution in [2.24, 2.45) is 11.8 Å². The quantitative estimate of drug-likeness (QED) is 0.880. The Labute approximate surface area is 123 Å². The maximum atomic E-state index is 12.2. The highest BCUT2D eigenvalue weighted by molar-refractivity contribution is 5.93. The zero-order chi connectivity index (χ0) is 14.8. The predicted octanol–water partition coefficient (Wildman–Crippen LogP) is 1.37. The molecule has 2 amide bonds. The molecule has 1 saturated carbocycles. The van der Waals surface area contributed by atoms with Crippen molar-refractivity contribution in [2.45, 2.75) is 25.7 Å². The summed E-state index contributed by atoms with van der Waals surface area (Å²) in [5, 5.41) is 12.3. The van der Waals surface area contributed by atoms with Crippen LogP contribution in [0.15, 0.2) is 18.3 Å². The van der Waals surface area contributed by atoms with E-state index in [4.69, 9.17) is 0 Å². The van der Waals surface area contributed by atoms with Crippen LogP contribution in [0.4, 0.5) is 5.82 Å². The van der Waals surface area contributed by atoms with E-state index >= 15 is 0 Å². The lowest BCUT2D eigenvalue weighted by Gasteiger charge is -2.31. The maximum absolute atomic E-state index is 12.2. The number of amides is 2. The van der Waals surface area contributed by atoms with Crippen LogP contribution in [0, 0.1) is 11.8 Å². The fraction of sp³-hybridized carbons (Fsp3) is 0.533. The molecule has 0 unspecified atom stereocenters. The highest BCUT2D eigenvalue weighted by Crippen LogP contribution is 2.32. The van der Waals surface area contributed by atoms with Gasteiger partial charge in [0.2, 0.25) is 11.8 Å². The van der Waals surface area contributed by atoms with Crippen LogP contribution in [0.5, 0.6) is 5.75 Å². The average molecular weight is 289 g/mol. The number of nitrogens with one attached hydrogen (secondary N) is 1. The maximum Gasteiger partial charge on any atom is 0.228 e. The fourth-order valence-electron chi connectivity index (χ4n) is 2.66. The number of carbonyl (C=O) groups is 2. The second-order valence-corrected chi connectivity index (χ2v) is 5.73. The van der Waals surface area contributed by atoms with Crippen LogP contribution < -0.4 is 5.32 Å². The van der Waals surface area contributed by atoms with Gasteiger partial charge in [0.25, 0.3) is 0 Å². The smallest absolute Gasteiger partial charge is 0.228 e. The molecule has 2 N–H and O–H groups in total. The number of hydrogen-bond donors (Lipinski definition) is 2. The van der Waals surface area contributed by atoms with Gasteiger partial charge in [0.05, 0.1) is 0 Å². The van der Waals surface area contributed by atoms with Crippen LogP contribution in [0.2, 0.25) is 0 Å². The standard InChI is InChI=1S/C15H19N3O3/c19-12-2-1-7-16-13(12)17-14(20)10-5-8-18(9-6-10)15(21)11-3-4-11/h1-2,7,10-11,19H,3-6,8-9H2,(H,16,17,20). The van der Waals surface area contributed by atoms with Crippen LogP contribution in [0.25, 0.3) is 0 Å². The molecule has 1 aromatic heterocycles. The van der Waals surface area contributed by atoms with Crippen molar-refractivity contribution in [1.29, 1.82) is 0 Å². The minimum atomic E-state index is -0.137. The lowest BCUT2D eigenvalue weighted by molar-refractivity contribution is -0.135. The first kappa shape index (κ1) is 13.9. The number of carbonyl (C=O) groups excluding carboxylic acids is 2. The van der Waals surface area contributed by atoms with Crippen LogP contribution >= 0.6 is 0 Å². The molecule has 0 radical (unpaired) electrons. The van der Waals surface area contributed by atoms with E-state index in [2.05, 4.69) is 10.3 Å². The SMILES string of the molecule is O=C(Nc1ncccc1O)C1CCN(C(=O)C2CC2)CC1. The van der Waals surface area contributed by atoms with Crippen LogP contribution in [-0.2, 0) is 9.59 Å². The molecule has 2 aliphatic rings. The Morgan fingerprint density at radius 1 is 1.19 bits per heavy atom. The van der Waals surface area contributed by atoms with Gasteiger partial charge in [0.15, 0.2) is 11.6 Å². The first-order chi connectivity index (χ1) is 10.1. The number of pyridine rings is 1. The van der Waals surface area contributed by atoms with Crippen molar-refractivity contribution in [2.75, 3.05) is 18.4 Å². The minimum absolute atomic E-state index is 0.0350. The highest BCUT2D eigenvalue weighted by atomic mass is 16.3. The van der Waals surface area contributed by atoms with Gasteiger partial charge >= 0.3 is 0 Å². The lowest BCUT2D eigenvalue weighted by atomic mass is 9.95. The summed E-state index contributed by atoms with van der Waals surface area (Å²) >= 11 is 0. The average Bonchev–Trinajstić information content (AvgIpc) is 3.34. The largest absolute Gasteiger partial charge is 0.504 e. The van der Waals surface area contributed by atoms with E-state index in [1.165, 1.54) is 12.3 Å². The minimum Gasteiger partial charge on any atom is -0.504 e. The molecule has 112 valence electrons. The molecule has 21 heavy (non-hydrogen) atoms. The lowest BCUT2D eigenvalue weighted by Crippen LogP contribution is -2.42. The van der Waals surface area contributed by atoms with Crippen LogP contribution in [0.3, 0.4) is 0 Å². The second-order valence-electron chi connectivity index (χ2n) is 5.73. The zero-order valence-electron chi connectivity index (χ0n) is 11.8. The topological polar surface area (TPSA) is 82.5 Å². The Hall–Kier alpha value is -2.11. The molecule has 6 heteroatoms. The number of rotatable bonds is 3. The van der Waals surface area contributed by atoms with Gasteiger partial charge in [-0.3, -0.25) is 9.59 Å². The van der Waals surface area contributed by atoms with E-state index in [9.17, 15) is 14.7 Å². The number of aromatic hydroxyl groups is 1. The van der Waals surface area contributed by atoms with E-state index in [0.29, 0.717) is 25.9 Å². The van der Waals surface area contributed by atoms with Crippen molar-refractivity contribution in [3.05, 3.63) is 18.3 Å². The van der Waals surface area contributed by atoms with Gasteiger partial charge < -0.3 is 15.3 Å². The van der Waals surface area contributed by atoms with Gasteiger partial charge in [-0.15, -0.1) is 0 Å². The van der Waals surface area contributed by atoms with Gasteiger partial charge in [-0.25, -0.2) is 4.98 Å². The fourth-order valence-corrected chi connectivity index (χ4v) is 2.66. The molecule has 2 heterocycles. The zero-order valence-corrected chi connectivity index (χ0v) is 11.8. The molecule has 0 bridgehead atoms. The third-order valence-electron chi connectivity index (χ3n) is 4.13. The summed E-state index contributed by atoms with van der Waals surface area (Å²) in [6, 6.07) is 3.09. The van der Waals surface area contributed by atoms with Gasteiger partial charge in [0, 0.05) is 31.1 Å². The van der Waals surface area contributed by atoms with Gasteiger partial charge in [0.1, 0.15) is 0 Å². The monoisotopic (exact) mass is 289 g/mol. The predicted molar refractivity (Wildman–Crippen MR) is 76.6 cm³/mol. The number of piperidine rings is 1. The molecule has 0 aromatic carbocycles.